The zero-order valence-corrected chi connectivity index (χ0v) is 16.0. The van der Waals surface area contributed by atoms with Crippen molar-refractivity contribution >= 4 is 5.91 Å². The Hall–Kier alpha value is -2.80. The van der Waals surface area contributed by atoms with E-state index < -0.39 is 0 Å². The summed E-state index contributed by atoms with van der Waals surface area (Å²) in [4.78, 5) is 15.3. The molecule has 2 bridgehead atoms. The predicted molar refractivity (Wildman–Crippen MR) is 104 cm³/mol. The number of hydrogen-bond donors (Lipinski definition) is 1. The van der Waals surface area contributed by atoms with Gasteiger partial charge >= 0.3 is 0 Å². The van der Waals surface area contributed by atoms with Gasteiger partial charge in [-0.15, -0.1) is 0 Å². The molecule has 2 aromatic carbocycles. The van der Waals surface area contributed by atoms with Crippen LogP contribution in [0.1, 0.15) is 54.2 Å². The van der Waals surface area contributed by atoms with Crippen LogP contribution in [0.5, 0.6) is 5.75 Å². The van der Waals surface area contributed by atoms with Gasteiger partial charge in [0.25, 0.3) is 5.91 Å². The number of hydrogen-bond acceptors (Lipinski definition) is 3. The van der Waals surface area contributed by atoms with Crippen molar-refractivity contribution in [3.8, 4) is 11.8 Å². The minimum atomic E-state index is -0.130. The molecule has 138 valence electrons. The molecule has 1 aliphatic carbocycles. The topological polar surface area (TPSA) is 64.3 Å². The van der Waals surface area contributed by atoms with Crippen LogP contribution in [0.15, 0.2) is 42.5 Å². The number of piperidine rings is 1. The summed E-state index contributed by atoms with van der Waals surface area (Å²) in [5.41, 5.74) is 2.99. The number of fused-ring (bicyclic) bond motifs is 4. The van der Waals surface area contributed by atoms with Crippen molar-refractivity contribution in [2.24, 2.45) is 5.41 Å². The lowest BCUT2D eigenvalue weighted by Gasteiger charge is -2.60. The van der Waals surface area contributed by atoms with E-state index in [2.05, 4.69) is 32.9 Å². The van der Waals surface area contributed by atoms with Crippen molar-refractivity contribution in [2.45, 2.75) is 45.1 Å². The van der Waals surface area contributed by atoms with Gasteiger partial charge in [0.05, 0.1) is 11.6 Å². The first kappa shape index (κ1) is 17.6. The molecular weight excluding hydrogens is 336 g/mol. The zero-order chi connectivity index (χ0) is 19.4. The van der Waals surface area contributed by atoms with E-state index >= 15 is 0 Å². The Bertz CT molecular complexity index is 973. The van der Waals surface area contributed by atoms with Crippen molar-refractivity contribution in [1.29, 1.82) is 5.26 Å². The molecule has 2 aromatic rings. The van der Waals surface area contributed by atoms with E-state index in [9.17, 15) is 9.90 Å². The lowest BCUT2D eigenvalue weighted by atomic mass is 9.51. The van der Waals surface area contributed by atoms with Gasteiger partial charge in [0.1, 0.15) is 5.75 Å². The average molecular weight is 360 g/mol. The maximum atomic E-state index is 13.3. The first-order valence-electron chi connectivity index (χ1n) is 9.42. The highest BCUT2D eigenvalue weighted by molar-refractivity contribution is 5.95. The van der Waals surface area contributed by atoms with Crippen LogP contribution < -0.4 is 0 Å². The van der Waals surface area contributed by atoms with E-state index in [0.717, 1.165) is 12.0 Å². The lowest BCUT2D eigenvalue weighted by Crippen LogP contribution is -2.64. The Morgan fingerprint density at radius 3 is 2.70 bits per heavy atom. The molecule has 1 unspecified atom stereocenters. The molecule has 0 radical (unpaired) electrons. The Balaban J connectivity index is 1.79. The molecule has 0 aromatic heterocycles. The molecule has 1 N–H and O–H groups in total. The predicted octanol–water partition coefficient (Wildman–Crippen LogP) is 4.02. The number of likely N-dealkylation sites (tertiary alicyclic amines) is 1. The van der Waals surface area contributed by atoms with Gasteiger partial charge in [-0.25, -0.2) is 0 Å². The molecule has 1 heterocycles. The third kappa shape index (κ3) is 2.38. The van der Waals surface area contributed by atoms with Crippen LogP contribution in [0.4, 0.5) is 0 Å². The standard InChI is InChI=1S/C23H24N2O2/c1-22(2)20-13-17-18(8-5-9-19(17)26)23(22,3)10-11-25(20)21(27)16-7-4-6-15(12-16)14-24/h4-9,12,20,26H,10-11,13H2,1-3H3/t20-,23?/m1/s1. The summed E-state index contributed by atoms with van der Waals surface area (Å²) in [5.74, 6) is 0.283. The van der Waals surface area contributed by atoms with Crippen LogP contribution in [0.25, 0.3) is 0 Å². The summed E-state index contributed by atoms with van der Waals surface area (Å²) < 4.78 is 0. The fourth-order valence-corrected chi connectivity index (χ4v) is 5.06. The fraction of sp³-hybridized carbons (Fsp3) is 0.391. The number of amides is 1. The van der Waals surface area contributed by atoms with Gasteiger partial charge in [-0.2, -0.15) is 5.26 Å². The molecule has 2 aliphatic rings. The number of phenols is 1. The second kappa shape index (κ2) is 5.85. The smallest absolute Gasteiger partial charge is 0.254 e. The van der Waals surface area contributed by atoms with Crippen LogP contribution >= 0.6 is 0 Å². The minimum Gasteiger partial charge on any atom is -0.508 e. The molecule has 4 heteroatoms. The molecule has 0 saturated carbocycles. The van der Waals surface area contributed by atoms with E-state index in [1.807, 2.05) is 11.0 Å². The molecule has 4 rings (SSSR count). The van der Waals surface area contributed by atoms with E-state index in [1.165, 1.54) is 5.56 Å². The number of benzene rings is 2. The highest BCUT2D eigenvalue weighted by Gasteiger charge is 2.57. The maximum Gasteiger partial charge on any atom is 0.254 e. The highest BCUT2D eigenvalue weighted by atomic mass is 16.3. The van der Waals surface area contributed by atoms with Crippen LogP contribution in [0, 0.1) is 16.7 Å². The van der Waals surface area contributed by atoms with Crippen LogP contribution in [-0.2, 0) is 11.8 Å². The molecule has 1 aliphatic heterocycles. The summed E-state index contributed by atoms with van der Waals surface area (Å²) in [6.45, 7) is 7.40. The van der Waals surface area contributed by atoms with Crippen LogP contribution in [-0.4, -0.2) is 28.5 Å². The second-order valence-corrected chi connectivity index (χ2v) is 8.52. The molecule has 2 atom stereocenters. The van der Waals surface area contributed by atoms with Crippen LogP contribution in [0.2, 0.25) is 0 Å². The number of nitrogens with zero attached hydrogens (tertiary/aromatic N) is 2. The van der Waals surface area contributed by atoms with E-state index in [0.29, 0.717) is 29.8 Å². The van der Waals surface area contributed by atoms with Gasteiger partial charge in [-0.3, -0.25) is 4.79 Å². The van der Waals surface area contributed by atoms with Crippen molar-refractivity contribution in [3.05, 3.63) is 64.7 Å². The average Bonchev–Trinajstić information content (AvgIpc) is 2.65. The summed E-state index contributed by atoms with van der Waals surface area (Å²) in [6.07, 6.45) is 1.49. The first-order valence-corrected chi connectivity index (χ1v) is 9.42. The third-order valence-electron chi connectivity index (χ3n) is 7.13. The number of aromatic hydroxyl groups is 1. The summed E-state index contributed by atoms with van der Waals surface area (Å²) in [5, 5.41) is 19.6. The summed E-state index contributed by atoms with van der Waals surface area (Å²) >= 11 is 0. The molecule has 0 spiro atoms. The second-order valence-electron chi connectivity index (χ2n) is 8.52. The first-order chi connectivity index (χ1) is 12.8. The van der Waals surface area contributed by atoms with Gasteiger partial charge in [0, 0.05) is 23.6 Å². The molecule has 1 amide bonds. The quantitative estimate of drug-likeness (QED) is 0.835. The van der Waals surface area contributed by atoms with E-state index in [4.69, 9.17) is 5.26 Å². The SMILES string of the molecule is CC12CCN(C(=O)c3cccc(C#N)c3)[C@H](Cc3c(O)cccc31)C2(C)C. The van der Waals surface area contributed by atoms with E-state index in [1.54, 1.807) is 30.3 Å². The summed E-state index contributed by atoms with van der Waals surface area (Å²) in [7, 11) is 0. The number of phenolic OH excluding ortho intramolecular Hbond substituents is 1. The van der Waals surface area contributed by atoms with Crippen LogP contribution in [0.3, 0.4) is 0 Å². The van der Waals surface area contributed by atoms with Gasteiger partial charge in [0.2, 0.25) is 0 Å². The summed E-state index contributed by atoms with van der Waals surface area (Å²) in [6, 6.07) is 14.8. The van der Waals surface area contributed by atoms with Crippen molar-refractivity contribution in [2.75, 3.05) is 6.54 Å². The Morgan fingerprint density at radius 1 is 1.22 bits per heavy atom. The maximum absolute atomic E-state index is 13.3. The molecular formula is C23H24N2O2. The minimum absolute atomic E-state index is 0.00436. The number of carbonyl (C=O) groups excluding carboxylic acids is 1. The highest BCUT2D eigenvalue weighted by Crippen LogP contribution is 2.57. The van der Waals surface area contributed by atoms with Crippen molar-refractivity contribution in [3.63, 3.8) is 0 Å². The van der Waals surface area contributed by atoms with Gasteiger partial charge in [-0.1, -0.05) is 39.0 Å². The fourth-order valence-electron chi connectivity index (χ4n) is 5.06. The lowest BCUT2D eigenvalue weighted by molar-refractivity contribution is -0.0266. The zero-order valence-electron chi connectivity index (χ0n) is 16.0. The molecule has 1 fully saturated rings. The number of nitriles is 1. The van der Waals surface area contributed by atoms with Crippen molar-refractivity contribution in [1.82, 2.24) is 4.90 Å². The monoisotopic (exact) mass is 360 g/mol. The number of carbonyl (C=O) groups is 1. The number of rotatable bonds is 1. The molecule has 27 heavy (non-hydrogen) atoms. The van der Waals surface area contributed by atoms with Gasteiger partial charge < -0.3 is 10.0 Å². The Labute approximate surface area is 160 Å². The largest absolute Gasteiger partial charge is 0.508 e. The normalized spacial score (nSPS) is 25.4. The Kier molecular flexibility index (Phi) is 3.82. The van der Waals surface area contributed by atoms with Gasteiger partial charge in [0.15, 0.2) is 0 Å². The third-order valence-corrected chi connectivity index (χ3v) is 7.13. The van der Waals surface area contributed by atoms with E-state index in [-0.39, 0.29) is 22.8 Å². The van der Waals surface area contributed by atoms with Gasteiger partial charge in [-0.05, 0) is 53.6 Å². The molecule has 1 saturated heterocycles. The van der Waals surface area contributed by atoms with Crippen molar-refractivity contribution < 1.29 is 9.90 Å². The Morgan fingerprint density at radius 2 is 1.96 bits per heavy atom. The molecule has 4 nitrogen and oxygen atoms in total.